The minimum Gasteiger partial charge on any atom is -0.398 e. The normalized spacial score (nSPS) is 10.6. The minimum atomic E-state index is -0.524. The van der Waals surface area contributed by atoms with Crippen LogP contribution in [0.25, 0.3) is 10.8 Å². The molecule has 0 saturated heterocycles. The zero-order valence-corrected chi connectivity index (χ0v) is 9.48. The van der Waals surface area contributed by atoms with E-state index in [4.69, 9.17) is 10.8 Å². The summed E-state index contributed by atoms with van der Waals surface area (Å²) in [6.45, 7) is -0.0608. The van der Waals surface area contributed by atoms with Crippen molar-refractivity contribution in [3.8, 4) is 0 Å². The van der Waals surface area contributed by atoms with E-state index in [0.29, 0.717) is 10.8 Å². The topological polar surface area (TPSA) is 88.2 Å². The highest BCUT2D eigenvalue weighted by molar-refractivity contribution is 6.07. The number of nitrogens with two attached hydrogens (primary N) is 1. The fourth-order valence-corrected chi connectivity index (χ4v) is 1.71. The SMILES string of the molecule is Nc1cc(F)cc2c(C(=O)NCCO)nccc12. The third-order valence-corrected chi connectivity index (χ3v) is 2.49. The smallest absolute Gasteiger partial charge is 0.270 e. The van der Waals surface area contributed by atoms with Crippen molar-refractivity contribution in [1.29, 1.82) is 0 Å². The van der Waals surface area contributed by atoms with Crippen LogP contribution in [0.4, 0.5) is 10.1 Å². The predicted octanol–water partition coefficient (Wildman–Crippen LogP) is 0.678. The summed E-state index contributed by atoms with van der Waals surface area (Å²) < 4.78 is 13.3. The average Bonchev–Trinajstić information content (AvgIpc) is 2.35. The van der Waals surface area contributed by atoms with Crippen molar-refractivity contribution in [2.24, 2.45) is 0 Å². The molecule has 2 aromatic rings. The molecule has 0 radical (unpaired) electrons. The van der Waals surface area contributed by atoms with Gasteiger partial charge in [-0.15, -0.1) is 0 Å². The fourth-order valence-electron chi connectivity index (χ4n) is 1.71. The first-order chi connectivity index (χ1) is 8.63. The van der Waals surface area contributed by atoms with Crippen molar-refractivity contribution in [3.05, 3.63) is 35.9 Å². The monoisotopic (exact) mass is 249 g/mol. The molecule has 5 nitrogen and oxygen atoms in total. The first kappa shape index (κ1) is 12.3. The van der Waals surface area contributed by atoms with Crippen LogP contribution in [-0.4, -0.2) is 29.1 Å². The zero-order chi connectivity index (χ0) is 13.1. The molecule has 1 heterocycles. The number of nitrogens with zero attached hydrogens (tertiary/aromatic N) is 1. The molecule has 0 unspecified atom stereocenters. The second kappa shape index (κ2) is 4.97. The van der Waals surface area contributed by atoms with Crippen LogP contribution in [-0.2, 0) is 0 Å². The van der Waals surface area contributed by atoms with E-state index in [1.54, 1.807) is 6.07 Å². The van der Waals surface area contributed by atoms with Gasteiger partial charge in [-0.3, -0.25) is 9.78 Å². The number of amides is 1. The molecule has 0 aliphatic heterocycles. The summed E-state index contributed by atoms with van der Waals surface area (Å²) >= 11 is 0. The number of hydrogen-bond donors (Lipinski definition) is 3. The lowest BCUT2D eigenvalue weighted by atomic mass is 10.1. The number of anilines is 1. The van der Waals surface area contributed by atoms with Crippen LogP contribution in [0.2, 0.25) is 0 Å². The molecular weight excluding hydrogens is 237 g/mol. The van der Waals surface area contributed by atoms with E-state index in [1.807, 2.05) is 0 Å². The van der Waals surface area contributed by atoms with Gasteiger partial charge in [-0.05, 0) is 18.2 Å². The number of rotatable bonds is 3. The predicted molar refractivity (Wildman–Crippen MR) is 65.5 cm³/mol. The third kappa shape index (κ3) is 2.23. The van der Waals surface area contributed by atoms with Gasteiger partial charge in [-0.2, -0.15) is 0 Å². The Morgan fingerprint density at radius 2 is 2.22 bits per heavy atom. The van der Waals surface area contributed by atoms with E-state index in [-0.39, 0.29) is 24.5 Å². The van der Waals surface area contributed by atoms with Gasteiger partial charge in [0.05, 0.1) is 6.61 Å². The number of halogens is 1. The molecule has 2 rings (SSSR count). The van der Waals surface area contributed by atoms with Gasteiger partial charge in [0.15, 0.2) is 0 Å². The largest absolute Gasteiger partial charge is 0.398 e. The second-order valence-electron chi connectivity index (χ2n) is 3.73. The Bertz CT molecular complexity index is 601. The van der Waals surface area contributed by atoms with E-state index < -0.39 is 11.7 Å². The molecular formula is C12H12FN3O2. The highest BCUT2D eigenvalue weighted by Gasteiger charge is 2.13. The summed E-state index contributed by atoms with van der Waals surface area (Å²) in [7, 11) is 0. The van der Waals surface area contributed by atoms with Crippen molar-refractivity contribution in [3.63, 3.8) is 0 Å². The molecule has 0 saturated carbocycles. The number of hydrogen-bond acceptors (Lipinski definition) is 4. The van der Waals surface area contributed by atoms with Crippen LogP contribution in [0.1, 0.15) is 10.5 Å². The first-order valence-electron chi connectivity index (χ1n) is 5.36. The number of nitrogen functional groups attached to an aromatic ring is 1. The van der Waals surface area contributed by atoms with Crippen LogP contribution in [0.3, 0.4) is 0 Å². The van der Waals surface area contributed by atoms with Gasteiger partial charge < -0.3 is 16.2 Å². The second-order valence-corrected chi connectivity index (χ2v) is 3.73. The van der Waals surface area contributed by atoms with Crippen LogP contribution in [0.5, 0.6) is 0 Å². The molecule has 0 bridgehead atoms. The average molecular weight is 249 g/mol. The van der Waals surface area contributed by atoms with Crippen molar-refractivity contribution >= 4 is 22.4 Å². The molecule has 94 valence electrons. The van der Waals surface area contributed by atoms with Crippen LogP contribution < -0.4 is 11.1 Å². The van der Waals surface area contributed by atoms with E-state index >= 15 is 0 Å². The van der Waals surface area contributed by atoms with E-state index in [2.05, 4.69) is 10.3 Å². The van der Waals surface area contributed by atoms with E-state index in [1.165, 1.54) is 18.3 Å². The molecule has 0 spiro atoms. The molecule has 0 fully saturated rings. The van der Waals surface area contributed by atoms with Gasteiger partial charge >= 0.3 is 0 Å². The third-order valence-electron chi connectivity index (χ3n) is 2.49. The van der Waals surface area contributed by atoms with Crippen LogP contribution in [0, 0.1) is 5.82 Å². The van der Waals surface area contributed by atoms with Crippen molar-refractivity contribution in [2.75, 3.05) is 18.9 Å². The summed E-state index contributed by atoms with van der Waals surface area (Å²) in [5, 5.41) is 12.0. The first-order valence-corrected chi connectivity index (χ1v) is 5.36. The number of benzene rings is 1. The summed E-state index contributed by atoms with van der Waals surface area (Å²) in [6.07, 6.45) is 1.43. The zero-order valence-electron chi connectivity index (χ0n) is 9.48. The van der Waals surface area contributed by atoms with Crippen LogP contribution in [0.15, 0.2) is 24.4 Å². The quantitative estimate of drug-likeness (QED) is 0.698. The van der Waals surface area contributed by atoms with Gasteiger partial charge in [-0.1, -0.05) is 0 Å². The Morgan fingerprint density at radius 3 is 2.94 bits per heavy atom. The van der Waals surface area contributed by atoms with Crippen molar-refractivity contribution < 1.29 is 14.3 Å². The number of aromatic nitrogens is 1. The van der Waals surface area contributed by atoms with Crippen molar-refractivity contribution in [2.45, 2.75) is 0 Å². The molecule has 6 heteroatoms. The number of aliphatic hydroxyl groups excluding tert-OH is 1. The number of aliphatic hydroxyl groups is 1. The summed E-state index contributed by atoms with van der Waals surface area (Å²) in [4.78, 5) is 15.7. The summed E-state index contributed by atoms with van der Waals surface area (Å²) in [6, 6.07) is 4.03. The minimum absolute atomic E-state index is 0.0900. The summed E-state index contributed by atoms with van der Waals surface area (Å²) in [5.41, 5.74) is 6.03. The maximum Gasteiger partial charge on any atom is 0.270 e. The maximum absolute atomic E-state index is 13.3. The Balaban J connectivity index is 2.54. The van der Waals surface area contributed by atoms with Gasteiger partial charge in [0.25, 0.3) is 5.91 Å². The number of nitrogens with one attached hydrogen (secondary N) is 1. The van der Waals surface area contributed by atoms with E-state index in [0.717, 1.165) is 0 Å². The lowest BCUT2D eigenvalue weighted by molar-refractivity contribution is 0.0941. The Labute approximate surface area is 102 Å². The van der Waals surface area contributed by atoms with Gasteiger partial charge in [0.1, 0.15) is 11.5 Å². The lowest BCUT2D eigenvalue weighted by Gasteiger charge is -2.08. The summed E-state index contributed by atoms with van der Waals surface area (Å²) in [5.74, 6) is -0.996. The Kier molecular flexibility index (Phi) is 3.38. The number of carbonyl (C=O) groups is 1. The fraction of sp³-hybridized carbons (Fsp3) is 0.167. The molecule has 1 amide bonds. The number of pyridine rings is 1. The Morgan fingerprint density at radius 1 is 1.44 bits per heavy atom. The lowest BCUT2D eigenvalue weighted by Crippen LogP contribution is -2.27. The van der Waals surface area contributed by atoms with Gasteiger partial charge in [0.2, 0.25) is 0 Å². The van der Waals surface area contributed by atoms with Gasteiger partial charge in [0, 0.05) is 29.2 Å². The van der Waals surface area contributed by atoms with E-state index in [9.17, 15) is 9.18 Å². The standard InChI is InChI=1S/C12H12FN3O2/c13-7-5-9-8(10(14)6-7)1-2-15-11(9)12(18)16-3-4-17/h1-2,5-6,17H,3-4,14H2,(H,16,18). The van der Waals surface area contributed by atoms with Gasteiger partial charge in [-0.25, -0.2) is 4.39 Å². The molecule has 18 heavy (non-hydrogen) atoms. The van der Waals surface area contributed by atoms with Crippen molar-refractivity contribution in [1.82, 2.24) is 10.3 Å². The molecule has 0 aliphatic carbocycles. The highest BCUT2D eigenvalue weighted by atomic mass is 19.1. The Hall–Kier alpha value is -2.21. The molecule has 1 aromatic carbocycles. The highest BCUT2D eigenvalue weighted by Crippen LogP contribution is 2.24. The molecule has 1 aromatic heterocycles. The number of fused-ring (bicyclic) bond motifs is 1. The van der Waals surface area contributed by atoms with Crippen LogP contribution >= 0.6 is 0 Å². The molecule has 0 atom stereocenters. The molecule has 4 N–H and O–H groups in total. The maximum atomic E-state index is 13.3. The molecule has 0 aliphatic rings. The number of carbonyl (C=O) groups excluding carboxylic acids is 1.